The lowest BCUT2D eigenvalue weighted by Crippen LogP contribution is -2.40. The number of nitrogens with one attached hydrogen (secondary N) is 1. The van der Waals surface area contributed by atoms with E-state index < -0.39 is 0 Å². The van der Waals surface area contributed by atoms with Crippen molar-refractivity contribution in [2.45, 2.75) is 18.9 Å². The highest BCUT2D eigenvalue weighted by atomic mass is 35.5. The smallest absolute Gasteiger partial charge is 0.260 e. The first-order valence-corrected chi connectivity index (χ1v) is 7.52. The predicted octanol–water partition coefficient (Wildman–Crippen LogP) is 2.04. The highest BCUT2D eigenvalue weighted by molar-refractivity contribution is 5.85. The monoisotopic (exact) mass is 340 g/mol. The molecule has 1 aromatic rings. The number of likely N-dealkylation sites (N-methyl/N-ethyl adjacent to an activating group) is 1. The molecule has 1 aromatic carbocycles. The van der Waals surface area contributed by atoms with Crippen LogP contribution in [0.2, 0.25) is 0 Å². The van der Waals surface area contributed by atoms with Crippen LogP contribution in [0.25, 0.3) is 0 Å². The van der Waals surface area contributed by atoms with Crippen molar-refractivity contribution in [1.82, 2.24) is 10.2 Å². The van der Waals surface area contributed by atoms with Gasteiger partial charge in [0.05, 0.1) is 7.11 Å². The molecule has 1 heterocycles. The standard InChI is InChI=1S/C17H24N2O3.ClH/c1-4-5-13-6-7-15(16(10-13)21-3)22-12-17(20)19(2)14-8-9-18-11-14;/h4,6-7,10,14,18H,1,5,8-9,11-12H2,2-3H3;1H. The maximum atomic E-state index is 12.2. The summed E-state index contributed by atoms with van der Waals surface area (Å²) >= 11 is 0. The van der Waals surface area contributed by atoms with E-state index in [0.717, 1.165) is 31.5 Å². The van der Waals surface area contributed by atoms with Crippen molar-refractivity contribution in [3.8, 4) is 11.5 Å². The van der Waals surface area contributed by atoms with E-state index in [1.165, 1.54) is 0 Å². The van der Waals surface area contributed by atoms with E-state index in [9.17, 15) is 4.79 Å². The van der Waals surface area contributed by atoms with Gasteiger partial charge in [-0.15, -0.1) is 19.0 Å². The van der Waals surface area contributed by atoms with Crippen molar-refractivity contribution in [1.29, 1.82) is 0 Å². The Hall–Kier alpha value is -1.72. The van der Waals surface area contributed by atoms with Crippen LogP contribution in [0.5, 0.6) is 11.5 Å². The molecule has 1 atom stereocenters. The van der Waals surface area contributed by atoms with Gasteiger partial charge in [-0.25, -0.2) is 0 Å². The third kappa shape index (κ3) is 5.15. The SMILES string of the molecule is C=CCc1ccc(OCC(=O)N(C)C2CCNC2)c(OC)c1.Cl. The van der Waals surface area contributed by atoms with Crippen LogP contribution in [0, 0.1) is 0 Å². The third-order valence-corrected chi connectivity index (χ3v) is 3.93. The minimum absolute atomic E-state index is 0. The van der Waals surface area contributed by atoms with Crippen LogP contribution >= 0.6 is 12.4 Å². The number of halogens is 1. The Balaban J connectivity index is 0.00000264. The van der Waals surface area contributed by atoms with Crippen molar-refractivity contribution in [2.75, 3.05) is 33.9 Å². The zero-order valence-corrected chi connectivity index (χ0v) is 14.5. The Labute approximate surface area is 144 Å². The Morgan fingerprint density at radius 1 is 1.48 bits per heavy atom. The number of carbonyl (C=O) groups is 1. The summed E-state index contributed by atoms with van der Waals surface area (Å²) in [6.07, 6.45) is 3.60. The van der Waals surface area contributed by atoms with Crippen LogP contribution in [-0.2, 0) is 11.2 Å². The molecule has 1 amide bonds. The Bertz CT molecular complexity index is 531. The van der Waals surface area contributed by atoms with Crippen LogP contribution in [0.4, 0.5) is 0 Å². The van der Waals surface area contributed by atoms with E-state index in [1.807, 2.05) is 31.3 Å². The molecule has 1 fully saturated rings. The summed E-state index contributed by atoms with van der Waals surface area (Å²) in [6, 6.07) is 5.95. The van der Waals surface area contributed by atoms with Crippen molar-refractivity contribution >= 4 is 18.3 Å². The maximum absolute atomic E-state index is 12.2. The van der Waals surface area contributed by atoms with Gasteiger partial charge in [0.25, 0.3) is 5.91 Å². The van der Waals surface area contributed by atoms with E-state index in [4.69, 9.17) is 9.47 Å². The average molecular weight is 341 g/mol. The molecule has 0 bridgehead atoms. The van der Waals surface area contributed by atoms with Gasteiger partial charge >= 0.3 is 0 Å². The molecule has 0 radical (unpaired) electrons. The van der Waals surface area contributed by atoms with Crippen LogP contribution in [0.15, 0.2) is 30.9 Å². The highest BCUT2D eigenvalue weighted by Crippen LogP contribution is 2.28. The van der Waals surface area contributed by atoms with Crippen LogP contribution < -0.4 is 14.8 Å². The molecule has 1 unspecified atom stereocenters. The highest BCUT2D eigenvalue weighted by Gasteiger charge is 2.23. The van der Waals surface area contributed by atoms with Crippen LogP contribution in [0.3, 0.4) is 0 Å². The zero-order valence-electron chi connectivity index (χ0n) is 13.7. The van der Waals surface area contributed by atoms with Crippen molar-refractivity contribution in [2.24, 2.45) is 0 Å². The lowest BCUT2D eigenvalue weighted by Gasteiger charge is -2.24. The van der Waals surface area contributed by atoms with Gasteiger partial charge in [0.1, 0.15) is 0 Å². The second kappa shape index (κ2) is 9.43. The summed E-state index contributed by atoms with van der Waals surface area (Å²) in [5, 5.41) is 3.26. The number of ether oxygens (including phenoxy) is 2. The second-order valence-corrected chi connectivity index (χ2v) is 5.42. The molecule has 0 spiro atoms. The van der Waals surface area contributed by atoms with Gasteiger partial charge in [-0.1, -0.05) is 12.1 Å². The van der Waals surface area contributed by atoms with Gasteiger partial charge in [-0.2, -0.15) is 0 Å². The number of allylic oxidation sites excluding steroid dienone is 1. The summed E-state index contributed by atoms with van der Waals surface area (Å²) in [6.45, 7) is 5.55. The number of hydrogen-bond donors (Lipinski definition) is 1. The molecule has 0 saturated carbocycles. The number of methoxy groups -OCH3 is 1. The van der Waals surface area contributed by atoms with Gasteiger partial charge in [0.2, 0.25) is 0 Å². The van der Waals surface area contributed by atoms with Crippen molar-refractivity contribution in [3.63, 3.8) is 0 Å². The van der Waals surface area contributed by atoms with Gasteiger partial charge in [-0.3, -0.25) is 4.79 Å². The van der Waals surface area contributed by atoms with E-state index in [0.29, 0.717) is 11.5 Å². The Kier molecular flexibility index (Phi) is 7.92. The normalized spacial score (nSPS) is 16.3. The summed E-state index contributed by atoms with van der Waals surface area (Å²) < 4.78 is 11.0. The molecule has 1 aliphatic heterocycles. The minimum atomic E-state index is -0.0223. The van der Waals surface area contributed by atoms with E-state index in [1.54, 1.807) is 12.0 Å². The molecule has 2 rings (SSSR count). The third-order valence-electron chi connectivity index (χ3n) is 3.93. The molecule has 6 heteroatoms. The lowest BCUT2D eigenvalue weighted by atomic mass is 10.1. The summed E-state index contributed by atoms with van der Waals surface area (Å²) in [5.74, 6) is 1.20. The largest absolute Gasteiger partial charge is 0.493 e. The first-order valence-electron chi connectivity index (χ1n) is 7.52. The molecule has 0 aromatic heterocycles. The van der Waals surface area contributed by atoms with Gasteiger partial charge < -0.3 is 19.7 Å². The van der Waals surface area contributed by atoms with E-state index in [-0.39, 0.29) is 31.0 Å². The minimum Gasteiger partial charge on any atom is -0.493 e. The van der Waals surface area contributed by atoms with Crippen molar-refractivity contribution < 1.29 is 14.3 Å². The second-order valence-electron chi connectivity index (χ2n) is 5.42. The molecule has 128 valence electrons. The summed E-state index contributed by atoms with van der Waals surface area (Å²) in [4.78, 5) is 14.0. The maximum Gasteiger partial charge on any atom is 0.260 e. The van der Waals surface area contributed by atoms with Gasteiger partial charge in [-0.05, 0) is 37.1 Å². The molecular formula is C17H25ClN2O3. The first-order chi connectivity index (χ1) is 10.7. The lowest BCUT2D eigenvalue weighted by molar-refractivity contribution is -0.133. The van der Waals surface area contributed by atoms with Crippen LogP contribution in [0.1, 0.15) is 12.0 Å². The average Bonchev–Trinajstić information content (AvgIpc) is 3.07. The van der Waals surface area contributed by atoms with Gasteiger partial charge in [0, 0.05) is 19.6 Å². The van der Waals surface area contributed by atoms with Crippen molar-refractivity contribution in [3.05, 3.63) is 36.4 Å². The number of carbonyl (C=O) groups excluding carboxylic acids is 1. The van der Waals surface area contributed by atoms with E-state index in [2.05, 4.69) is 11.9 Å². The molecule has 1 aliphatic rings. The number of nitrogens with zero attached hydrogens (tertiary/aromatic N) is 1. The fourth-order valence-corrected chi connectivity index (χ4v) is 2.54. The number of amides is 1. The quantitative estimate of drug-likeness (QED) is 0.772. The topological polar surface area (TPSA) is 50.8 Å². The fourth-order valence-electron chi connectivity index (χ4n) is 2.54. The number of hydrogen-bond acceptors (Lipinski definition) is 4. The van der Waals surface area contributed by atoms with Crippen LogP contribution in [-0.4, -0.2) is 50.7 Å². The first kappa shape index (κ1) is 19.3. The van der Waals surface area contributed by atoms with Gasteiger partial charge in [0.15, 0.2) is 18.1 Å². The molecule has 0 aliphatic carbocycles. The number of benzene rings is 1. The van der Waals surface area contributed by atoms with E-state index >= 15 is 0 Å². The molecule has 1 saturated heterocycles. The zero-order chi connectivity index (χ0) is 15.9. The molecule has 5 nitrogen and oxygen atoms in total. The molecular weight excluding hydrogens is 316 g/mol. The predicted molar refractivity (Wildman–Crippen MR) is 93.7 cm³/mol. The molecule has 23 heavy (non-hydrogen) atoms. The molecule has 1 N–H and O–H groups in total. The summed E-state index contributed by atoms with van der Waals surface area (Å²) in [5.41, 5.74) is 1.10. The Morgan fingerprint density at radius 2 is 2.26 bits per heavy atom. The summed E-state index contributed by atoms with van der Waals surface area (Å²) in [7, 11) is 3.42. The Morgan fingerprint density at radius 3 is 2.87 bits per heavy atom. The fraction of sp³-hybridized carbons (Fsp3) is 0.471. The number of rotatable bonds is 7.